The van der Waals surface area contributed by atoms with Crippen molar-refractivity contribution in [1.29, 1.82) is 0 Å². The summed E-state index contributed by atoms with van der Waals surface area (Å²) in [5, 5.41) is 0. The second-order valence-electron chi connectivity index (χ2n) is 8.47. The van der Waals surface area contributed by atoms with E-state index in [1.807, 2.05) is 23.1 Å². The van der Waals surface area contributed by atoms with Crippen molar-refractivity contribution in [2.45, 2.75) is 43.7 Å². The minimum absolute atomic E-state index is 0.0795. The van der Waals surface area contributed by atoms with Crippen LogP contribution in [0.1, 0.15) is 47.5 Å². The van der Waals surface area contributed by atoms with Crippen LogP contribution in [0.5, 0.6) is 0 Å². The summed E-state index contributed by atoms with van der Waals surface area (Å²) < 4.78 is 0. The molecule has 2 saturated heterocycles. The van der Waals surface area contributed by atoms with E-state index in [0.717, 1.165) is 25.7 Å². The molecule has 6 nitrogen and oxygen atoms in total. The van der Waals surface area contributed by atoms with Gasteiger partial charge < -0.3 is 15.5 Å². The number of carbonyl (C=O) groups excluding carboxylic acids is 2. The number of rotatable bonds is 3. The Balaban J connectivity index is 1.31. The maximum atomic E-state index is 13.4. The van der Waals surface area contributed by atoms with E-state index in [2.05, 4.69) is 22.0 Å². The number of nitrogens with two attached hydrogens (primary N) is 1. The lowest BCUT2D eigenvalue weighted by Crippen LogP contribution is -2.45. The maximum Gasteiger partial charge on any atom is 0.257 e. The molecule has 2 amide bonds. The van der Waals surface area contributed by atoms with Gasteiger partial charge in [0.2, 0.25) is 5.91 Å². The normalized spacial score (nSPS) is 28.1. The third-order valence-electron chi connectivity index (χ3n) is 6.73. The molecule has 5 rings (SSSR count). The standard InChI is InChI=1S/C23H26N4O2/c24-21-18(7-4-11-25-21)22(28)26-12-10-16-8-9-17(14-26)27(16)23(29)20-13-19(20)15-5-2-1-3-6-15/h1-7,11,16-17,19-20H,8-10,12-14H2,(H2,24,25)/t16?,17?,19-,20-/m1/s1. The van der Waals surface area contributed by atoms with E-state index in [9.17, 15) is 9.59 Å². The Morgan fingerprint density at radius 2 is 1.79 bits per heavy atom. The number of benzene rings is 1. The van der Waals surface area contributed by atoms with E-state index in [1.165, 1.54) is 5.56 Å². The highest BCUT2D eigenvalue weighted by molar-refractivity contribution is 5.98. The smallest absolute Gasteiger partial charge is 0.257 e. The van der Waals surface area contributed by atoms with Gasteiger partial charge >= 0.3 is 0 Å². The van der Waals surface area contributed by atoms with Gasteiger partial charge in [0.15, 0.2) is 0 Å². The summed E-state index contributed by atoms with van der Waals surface area (Å²) in [7, 11) is 0. The molecule has 4 atom stereocenters. The van der Waals surface area contributed by atoms with Gasteiger partial charge in [0.1, 0.15) is 5.82 Å². The van der Waals surface area contributed by atoms with Crippen LogP contribution in [0.2, 0.25) is 0 Å². The second-order valence-corrected chi connectivity index (χ2v) is 8.47. The Kier molecular flexibility index (Phi) is 4.49. The summed E-state index contributed by atoms with van der Waals surface area (Å²) >= 11 is 0. The lowest BCUT2D eigenvalue weighted by Gasteiger charge is -2.29. The van der Waals surface area contributed by atoms with E-state index in [0.29, 0.717) is 24.6 Å². The van der Waals surface area contributed by atoms with Crippen molar-refractivity contribution in [1.82, 2.24) is 14.8 Å². The third-order valence-corrected chi connectivity index (χ3v) is 6.73. The summed E-state index contributed by atoms with van der Waals surface area (Å²) in [6.45, 7) is 1.24. The molecular formula is C23H26N4O2. The van der Waals surface area contributed by atoms with Gasteiger partial charge in [-0.3, -0.25) is 9.59 Å². The summed E-state index contributed by atoms with van der Waals surface area (Å²) in [6, 6.07) is 14.1. The quantitative estimate of drug-likeness (QED) is 0.874. The van der Waals surface area contributed by atoms with Gasteiger partial charge in [0, 0.05) is 37.3 Å². The van der Waals surface area contributed by atoms with Crippen LogP contribution in [0.15, 0.2) is 48.7 Å². The number of nitrogen functional groups attached to an aromatic ring is 1. The Morgan fingerprint density at radius 3 is 2.59 bits per heavy atom. The number of aromatic nitrogens is 1. The number of anilines is 1. The van der Waals surface area contributed by atoms with Gasteiger partial charge in [-0.2, -0.15) is 0 Å². The zero-order valence-electron chi connectivity index (χ0n) is 16.4. The molecule has 3 fully saturated rings. The zero-order valence-corrected chi connectivity index (χ0v) is 16.4. The van der Waals surface area contributed by atoms with E-state index in [4.69, 9.17) is 5.73 Å². The number of likely N-dealkylation sites (tertiary alicyclic amines) is 1. The Bertz CT molecular complexity index is 931. The van der Waals surface area contributed by atoms with Gasteiger partial charge in [-0.05, 0) is 49.3 Å². The summed E-state index contributed by atoms with van der Waals surface area (Å²) in [5.41, 5.74) is 7.63. The van der Waals surface area contributed by atoms with Crippen molar-refractivity contribution in [3.63, 3.8) is 0 Å². The van der Waals surface area contributed by atoms with E-state index in [-0.39, 0.29) is 35.6 Å². The molecule has 0 spiro atoms. The maximum absolute atomic E-state index is 13.4. The highest BCUT2D eigenvalue weighted by atomic mass is 16.2. The van der Waals surface area contributed by atoms with Crippen molar-refractivity contribution in [2.75, 3.05) is 18.8 Å². The molecule has 1 saturated carbocycles. The zero-order chi connectivity index (χ0) is 20.0. The van der Waals surface area contributed by atoms with E-state index < -0.39 is 0 Å². The molecule has 2 aliphatic heterocycles. The number of hydrogen-bond acceptors (Lipinski definition) is 4. The first-order valence-corrected chi connectivity index (χ1v) is 10.5. The largest absolute Gasteiger partial charge is 0.383 e. The molecule has 2 bridgehead atoms. The van der Waals surface area contributed by atoms with Crippen LogP contribution in [0, 0.1) is 5.92 Å². The molecular weight excluding hydrogens is 364 g/mol. The summed E-state index contributed by atoms with van der Waals surface area (Å²) in [6.07, 6.45) is 5.36. The van der Waals surface area contributed by atoms with Crippen molar-refractivity contribution in [2.24, 2.45) is 5.92 Å². The molecule has 3 aliphatic rings. The van der Waals surface area contributed by atoms with Gasteiger partial charge in [0.05, 0.1) is 5.56 Å². The lowest BCUT2D eigenvalue weighted by atomic mass is 10.1. The van der Waals surface area contributed by atoms with Gasteiger partial charge in [-0.1, -0.05) is 30.3 Å². The van der Waals surface area contributed by atoms with Gasteiger partial charge in [-0.25, -0.2) is 4.98 Å². The average Bonchev–Trinajstić information content (AvgIpc) is 3.47. The van der Waals surface area contributed by atoms with Crippen LogP contribution >= 0.6 is 0 Å². The SMILES string of the molecule is Nc1ncccc1C(=O)N1CCC2CCC(C1)N2C(=O)[C@@H]1C[C@@H]1c1ccccc1. The van der Waals surface area contributed by atoms with Crippen LogP contribution < -0.4 is 5.73 Å². The van der Waals surface area contributed by atoms with E-state index >= 15 is 0 Å². The van der Waals surface area contributed by atoms with Crippen molar-refractivity contribution < 1.29 is 9.59 Å². The second kappa shape index (κ2) is 7.17. The first kappa shape index (κ1) is 18.2. The predicted octanol–water partition coefficient (Wildman–Crippen LogP) is 2.67. The fourth-order valence-corrected chi connectivity index (χ4v) is 5.12. The fourth-order valence-electron chi connectivity index (χ4n) is 5.12. The molecule has 1 aromatic carbocycles. The highest BCUT2D eigenvalue weighted by Crippen LogP contribution is 2.50. The molecule has 1 aliphatic carbocycles. The molecule has 2 aromatic rings. The third kappa shape index (κ3) is 3.26. The highest BCUT2D eigenvalue weighted by Gasteiger charge is 2.50. The first-order chi connectivity index (χ1) is 14.1. The topological polar surface area (TPSA) is 79.5 Å². The first-order valence-electron chi connectivity index (χ1n) is 10.5. The van der Waals surface area contributed by atoms with Crippen molar-refractivity contribution in [3.8, 4) is 0 Å². The lowest BCUT2D eigenvalue weighted by molar-refractivity contribution is -0.135. The Hall–Kier alpha value is -2.89. The number of fused-ring (bicyclic) bond motifs is 2. The average molecular weight is 390 g/mol. The molecule has 1 aromatic heterocycles. The molecule has 29 heavy (non-hydrogen) atoms. The molecule has 3 heterocycles. The number of nitrogens with zero attached hydrogens (tertiary/aromatic N) is 3. The minimum atomic E-state index is -0.0795. The van der Waals surface area contributed by atoms with E-state index in [1.54, 1.807) is 18.3 Å². The minimum Gasteiger partial charge on any atom is -0.383 e. The van der Waals surface area contributed by atoms with Crippen molar-refractivity contribution in [3.05, 3.63) is 59.8 Å². The number of hydrogen-bond donors (Lipinski definition) is 1. The summed E-state index contributed by atoms with van der Waals surface area (Å²) in [5.74, 6) is 0.908. The number of pyridine rings is 1. The van der Waals surface area contributed by atoms with Crippen LogP contribution in [0.4, 0.5) is 5.82 Å². The number of amides is 2. The Morgan fingerprint density at radius 1 is 1.00 bits per heavy atom. The molecule has 150 valence electrons. The Labute approximate surface area is 170 Å². The molecule has 2 unspecified atom stereocenters. The van der Waals surface area contributed by atoms with Crippen molar-refractivity contribution >= 4 is 17.6 Å². The molecule has 6 heteroatoms. The molecule has 0 radical (unpaired) electrons. The number of carbonyl (C=O) groups is 2. The van der Waals surface area contributed by atoms with Crippen LogP contribution in [-0.4, -0.2) is 51.8 Å². The molecule has 2 N–H and O–H groups in total. The van der Waals surface area contributed by atoms with Crippen LogP contribution in [0.25, 0.3) is 0 Å². The van der Waals surface area contributed by atoms with Crippen LogP contribution in [-0.2, 0) is 4.79 Å². The van der Waals surface area contributed by atoms with Crippen LogP contribution in [0.3, 0.4) is 0 Å². The van der Waals surface area contributed by atoms with Gasteiger partial charge in [-0.15, -0.1) is 0 Å². The summed E-state index contributed by atoms with van der Waals surface area (Å²) in [4.78, 5) is 34.4. The predicted molar refractivity (Wildman–Crippen MR) is 110 cm³/mol. The van der Waals surface area contributed by atoms with Gasteiger partial charge in [0.25, 0.3) is 5.91 Å². The fraction of sp³-hybridized carbons (Fsp3) is 0.435. The monoisotopic (exact) mass is 390 g/mol.